The van der Waals surface area contributed by atoms with Crippen LogP contribution in [0.2, 0.25) is 0 Å². The van der Waals surface area contributed by atoms with Crippen molar-refractivity contribution in [3.8, 4) is 0 Å². The third-order valence-electron chi connectivity index (χ3n) is 4.75. The van der Waals surface area contributed by atoms with Crippen LogP contribution in [0.4, 0.5) is 0 Å². The predicted octanol–water partition coefficient (Wildman–Crippen LogP) is 2.97. The molecule has 6 heteroatoms. The molecule has 0 spiro atoms. The minimum Gasteiger partial charge on any atom is -0.357 e. The fraction of sp³-hybridized carbons (Fsp3) is 0.450. The maximum Gasteiger partial charge on any atom is 0.191 e. The number of nitrogens with zero attached hydrogens (tertiary/aromatic N) is 3. The molecule has 0 radical (unpaired) electrons. The lowest BCUT2D eigenvalue weighted by atomic mass is 10.0. The molecule has 5 nitrogen and oxygen atoms in total. The van der Waals surface area contributed by atoms with Crippen LogP contribution in [0.15, 0.2) is 53.8 Å². The first-order valence-electron chi connectivity index (χ1n) is 9.07. The molecule has 2 aromatic rings. The van der Waals surface area contributed by atoms with Gasteiger partial charge in [0, 0.05) is 58.7 Å². The molecule has 0 saturated carbocycles. The van der Waals surface area contributed by atoms with Crippen molar-refractivity contribution >= 4 is 29.9 Å². The van der Waals surface area contributed by atoms with Crippen LogP contribution < -0.4 is 10.6 Å². The number of halogens is 1. The number of guanidine groups is 1. The van der Waals surface area contributed by atoms with E-state index in [1.54, 1.807) is 0 Å². The number of benzene rings is 1. The zero-order chi connectivity index (χ0) is 17.5. The highest BCUT2D eigenvalue weighted by Gasteiger charge is 2.19. The Hall–Kier alpha value is -1.54. The van der Waals surface area contributed by atoms with Gasteiger partial charge in [0.05, 0.1) is 0 Å². The van der Waals surface area contributed by atoms with Crippen molar-refractivity contribution in [3.05, 3.63) is 59.9 Å². The SMILES string of the molecule is CN=C(NCc1ccn(C)c1)NC1CCN(Cc2ccccc2)CC1.I. The molecule has 0 amide bonds. The average molecular weight is 467 g/mol. The fourth-order valence-electron chi connectivity index (χ4n) is 3.32. The summed E-state index contributed by atoms with van der Waals surface area (Å²) in [5.41, 5.74) is 2.66. The van der Waals surface area contributed by atoms with Crippen LogP contribution in [0.3, 0.4) is 0 Å². The molecular weight excluding hydrogens is 437 g/mol. The highest BCUT2D eigenvalue weighted by molar-refractivity contribution is 14.0. The van der Waals surface area contributed by atoms with Crippen molar-refractivity contribution in [1.82, 2.24) is 20.1 Å². The second-order valence-corrected chi connectivity index (χ2v) is 6.79. The molecule has 1 aromatic carbocycles. The number of aromatic nitrogens is 1. The van der Waals surface area contributed by atoms with Crippen molar-refractivity contribution in [3.63, 3.8) is 0 Å². The highest BCUT2D eigenvalue weighted by atomic mass is 127. The van der Waals surface area contributed by atoms with Crippen molar-refractivity contribution in [2.45, 2.75) is 32.0 Å². The maximum atomic E-state index is 4.36. The van der Waals surface area contributed by atoms with Crippen LogP contribution in [-0.2, 0) is 20.1 Å². The zero-order valence-electron chi connectivity index (χ0n) is 15.7. The number of rotatable bonds is 5. The Labute approximate surface area is 173 Å². The predicted molar refractivity (Wildman–Crippen MR) is 119 cm³/mol. The Bertz CT molecular complexity index is 675. The topological polar surface area (TPSA) is 44.6 Å². The smallest absolute Gasteiger partial charge is 0.191 e. The zero-order valence-corrected chi connectivity index (χ0v) is 18.0. The molecule has 1 fully saturated rings. The third kappa shape index (κ3) is 6.32. The summed E-state index contributed by atoms with van der Waals surface area (Å²) in [4.78, 5) is 6.90. The number of piperidine rings is 1. The van der Waals surface area contributed by atoms with Crippen LogP contribution in [0.1, 0.15) is 24.0 Å². The van der Waals surface area contributed by atoms with Crippen molar-refractivity contribution in [1.29, 1.82) is 0 Å². The second kappa shape index (κ2) is 10.6. The van der Waals surface area contributed by atoms with Gasteiger partial charge in [0.15, 0.2) is 5.96 Å². The molecule has 2 heterocycles. The van der Waals surface area contributed by atoms with Gasteiger partial charge in [0.25, 0.3) is 0 Å². The number of hydrogen-bond donors (Lipinski definition) is 2. The summed E-state index contributed by atoms with van der Waals surface area (Å²) in [6.07, 6.45) is 6.50. The Morgan fingerprint density at radius 3 is 2.46 bits per heavy atom. The van der Waals surface area contributed by atoms with Crippen LogP contribution in [-0.4, -0.2) is 41.6 Å². The normalized spacial score (nSPS) is 16.2. The van der Waals surface area contributed by atoms with E-state index in [-0.39, 0.29) is 24.0 Å². The molecule has 0 atom stereocenters. The Balaban J connectivity index is 0.00000243. The minimum absolute atomic E-state index is 0. The van der Waals surface area contributed by atoms with Crippen LogP contribution in [0.25, 0.3) is 0 Å². The van der Waals surface area contributed by atoms with Gasteiger partial charge in [0.1, 0.15) is 0 Å². The lowest BCUT2D eigenvalue weighted by molar-refractivity contribution is 0.198. The summed E-state index contributed by atoms with van der Waals surface area (Å²) in [6.45, 7) is 4.10. The summed E-state index contributed by atoms with van der Waals surface area (Å²) in [7, 11) is 3.88. The monoisotopic (exact) mass is 467 g/mol. The van der Waals surface area contributed by atoms with Gasteiger partial charge in [-0.05, 0) is 30.0 Å². The fourth-order valence-corrected chi connectivity index (χ4v) is 3.32. The number of aliphatic imine (C=N–C) groups is 1. The third-order valence-corrected chi connectivity index (χ3v) is 4.75. The minimum atomic E-state index is 0. The molecule has 1 aromatic heterocycles. The molecule has 26 heavy (non-hydrogen) atoms. The van der Waals surface area contributed by atoms with Gasteiger partial charge >= 0.3 is 0 Å². The van der Waals surface area contributed by atoms with E-state index < -0.39 is 0 Å². The van der Waals surface area contributed by atoms with Crippen molar-refractivity contribution in [2.24, 2.45) is 12.0 Å². The van der Waals surface area contributed by atoms with Crippen molar-refractivity contribution in [2.75, 3.05) is 20.1 Å². The van der Waals surface area contributed by atoms with Crippen LogP contribution >= 0.6 is 24.0 Å². The lowest BCUT2D eigenvalue weighted by Gasteiger charge is -2.33. The Kier molecular flexibility index (Phi) is 8.44. The van der Waals surface area contributed by atoms with Gasteiger partial charge < -0.3 is 15.2 Å². The standard InChI is InChI=1S/C20H29N5.HI/c1-21-20(22-14-18-8-11-24(2)15-18)23-19-9-12-25(13-10-19)16-17-6-4-3-5-7-17;/h3-8,11,15,19H,9-10,12-14,16H2,1-2H3,(H2,21,22,23);1H. The van der Waals surface area contributed by atoms with Gasteiger partial charge in [0.2, 0.25) is 0 Å². The van der Waals surface area contributed by atoms with E-state index in [0.717, 1.165) is 45.0 Å². The van der Waals surface area contributed by atoms with Gasteiger partial charge in [-0.2, -0.15) is 0 Å². The Morgan fingerprint density at radius 2 is 1.85 bits per heavy atom. The molecule has 142 valence electrons. The first kappa shape index (κ1) is 20.8. The first-order valence-corrected chi connectivity index (χ1v) is 9.07. The number of nitrogens with one attached hydrogen (secondary N) is 2. The molecule has 0 aliphatic carbocycles. The number of aryl methyl sites for hydroxylation is 1. The van der Waals surface area contributed by atoms with Gasteiger partial charge in [-0.1, -0.05) is 30.3 Å². The van der Waals surface area contributed by atoms with E-state index in [2.05, 4.69) is 73.9 Å². The van der Waals surface area contributed by atoms with E-state index in [4.69, 9.17) is 0 Å². The van der Waals surface area contributed by atoms with E-state index >= 15 is 0 Å². The average Bonchev–Trinajstić information content (AvgIpc) is 3.06. The van der Waals surface area contributed by atoms with Gasteiger partial charge in [-0.3, -0.25) is 9.89 Å². The molecule has 3 rings (SSSR count). The number of likely N-dealkylation sites (tertiary alicyclic amines) is 1. The first-order chi connectivity index (χ1) is 12.2. The molecule has 0 bridgehead atoms. The second-order valence-electron chi connectivity index (χ2n) is 6.79. The van der Waals surface area contributed by atoms with E-state index in [1.807, 2.05) is 14.1 Å². The summed E-state index contributed by atoms with van der Waals surface area (Å²) >= 11 is 0. The van der Waals surface area contributed by atoms with E-state index in [1.165, 1.54) is 11.1 Å². The van der Waals surface area contributed by atoms with Crippen LogP contribution in [0.5, 0.6) is 0 Å². The summed E-state index contributed by atoms with van der Waals surface area (Å²) in [6, 6.07) is 13.3. The molecule has 1 aliphatic rings. The number of hydrogen-bond acceptors (Lipinski definition) is 2. The summed E-state index contributed by atoms with van der Waals surface area (Å²) in [5.74, 6) is 0.894. The summed E-state index contributed by atoms with van der Waals surface area (Å²) in [5, 5.41) is 6.98. The molecule has 1 aliphatic heterocycles. The molecule has 0 unspecified atom stereocenters. The van der Waals surface area contributed by atoms with Crippen LogP contribution in [0, 0.1) is 0 Å². The van der Waals surface area contributed by atoms with Crippen molar-refractivity contribution < 1.29 is 0 Å². The molecular formula is C20H30IN5. The quantitative estimate of drug-likeness (QED) is 0.404. The summed E-state index contributed by atoms with van der Waals surface area (Å²) < 4.78 is 2.07. The molecule has 1 saturated heterocycles. The highest BCUT2D eigenvalue weighted by Crippen LogP contribution is 2.13. The van der Waals surface area contributed by atoms with E-state index in [9.17, 15) is 0 Å². The van der Waals surface area contributed by atoms with E-state index in [0.29, 0.717) is 6.04 Å². The Morgan fingerprint density at radius 1 is 1.12 bits per heavy atom. The molecule has 2 N–H and O–H groups in total. The van der Waals surface area contributed by atoms with Gasteiger partial charge in [-0.25, -0.2) is 0 Å². The van der Waals surface area contributed by atoms with Gasteiger partial charge in [-0.15, -0.1) is 24.0 Å². The lowest BCUT2D eigenvalue weighted by Crippen LogP contribution is -2.48. The maximum absolute atomic E-state index is 4.36. The largest absolute Gasteiger partial charge is 0.357 e.